The molecule has 1 aromatic carbocycles. The first-order chi connectivity index (χ1) is 17.8. The first-order valence-corrected chi connectivity index (χ1v) is 12.9. The third-order valence-corrected chi connectivity index (χ3v) is 6.31. The molecule has 1 aliphatic rings. The van der Waals surface area contributed by atoms with Crippen molar-refractivity contribution in [3.63, 3.8) is 0 Å². The number of hydrogen-bond acceptors (Lipinski definition) is 5. The molecule has 9 nitrogen and oxygen atoms in total. The minimum atomic E-state index is -1.05. The van der Waals surface area contributed by atoms with Crippen LogP contribution in [0.15, 0.2) is 18.2 Å². The average Bonchev–Trinajstić information content (AvgIpc) is 3.05. The van der Waals surface area contributed by atoms with Gasteiger partial charge in [0.2, 0.25) is 5.91 Å². The number of fused-ring (bicyclic) bond motifs is 1. The maximum atomic E-state index is 14.2. The summed E-state index contributed by atoms with van der Waals surface area (Å²) in [7, 11) is 1.48. The van der Waals surface area contributed by atoms with Crippen molar-refractivity contribution in [2.24, 2.45) is 10.8 Å². The molecule has 39 heavy (non-hydrogen) atoms. The van der Waals surface area contributed by atoms with Gasteiger partial charge in [-0.15, -0.1) is 0 Å². The van der Waals surface area contributed by atoms with Gasteiger partial charge >= 0.3 is 6.09 Å². The molecular weight excluding hydrogens is 508 g/mol. The van der Waals surface area contributed by atoms with E-state index in [1.807, 2.05) is 34.6 Å². The number of amides is 3. The van der Waals surface area contributed by atoms with Crippen LogP contribution in [-0.4, -0.2) is 57.6 Å². The van der Waals surface area contributed by atoms with Gasteiger partial charge in [-0.1, -0.05) is 34.6 Å². The van der Waals surface area contributed by atoms with E-state index < -0.39 is 46.1 Å². The molecule has 2 aromatic rings. The molecule has 3 amide bonds. The summed E-state index contributed by atoms with van der Waals surface area (Å²) < 4.78 is 35.4. The number of imidazole rings is 1. The van der Waals surface area contributed by atoms with Crippen LogP contribution in [-0.2, 0) is 22.6 Å². The number of nitrogens with one attached hydrogen (secondary N) is 2. The van der Waals surface area contributed by atoms with Gasteiger partial charge in [0, 0.05) is 31.1 Å². The SMILES string of the molecule is CNC(=O)C(NC(=O)c1nc(-c2ccc(F)c(F)c2)n2c1CN(C(=O)OC(C)(C)C)CC(C)(C)C2)C(C)(C)C. The zero-order chi connectivity index (χ0) is 29.5. The van der Waals surface area contributed by atoms with E-state index in [0.29, 0.717) is 18.8 Å². The van der Waals surface area contributed by atoms with Gasteiger partial charge in [0.05, 0.1) is 12.2 Å². The maximum Gasteiger partial charge on any atom is 0.410 e. The number of rotatable bonds is 4. The molecule has 0 aliphatic carbocycles. The molecule has 0 radical (unpaired) electrons. The Morgan fingerprint density at radius 2 is 1.69 bits per heavy atom. The highest BCUT2D eigenvalue weighted by atomic mass is 19.2. The summed E-state index contributed by atoms with van der Waals surface area (Å²) in [5, 5.41) is 5.36. The van der Waals surface area contributed by atoms with Crippen LogP contribution in [0, 0.1) is 22.5 Å². The van der Waals surface area contributed by atoms with Gasteiger partial charge in [0.25, 0.3) is 5.91 Å². The highest BCUT2D eigenvalue weighted by molar-refractivity contribution is 5.98. The second-order valence-electron chi connectivity index (χ2n) is 12.8. The van der Waals surface area contributed by atoms with Crippen LogP contribution in [0.1, 0.15) is 71.6 Å². The number of likely N-dealkylation sites (N-methyl/N-ethyl adjacent to an activating group) is 1. The summed E-state index contributed by atoms with van der Waals surface area (Å²) in [6, 6.07) is 2.53. The van der Waals surface area contributed by atoms with Gasteiger partial charge < -0.3 is 24.8 Å². The van der Waals surface area contributed by atoms with Crippen LogP contribution < -0.4 is 10.6 Å². The summed E-state index contributed by atoms with van der Waals surface area (Å²) in [5.41, 5.74) is -1.21. The van der Waals surface area contributed by atoms with Crippen molar-refractivity contribution in [2.45, 2.75) is 80.1 Å². The molecule has 0 fully saturated rings. The van der Waals surface area contributed by atoms with E-state index in [4.69, 9.17) is 4.74 Å². The van der Waals surface area contributed by atoms with Gasteiger partial charge in [-0.05, 0) is 44.4 Å². The molecule has 1 unspecified atom stereocenters. The van der Waals surface area contributed by atoms with Gasteiger partial charge in [-0.2, -0.15) is 0 Å². The lowest BCUT2D eigenvalue weighted by Gasteiger charge is -2.31. The summed E-state index contributed by atoms with van der Waals surface area (Å²) in [6.45, 7) is 15.3. The minimum absolute atomic E-state index is 0.0147. The summed E-state index contributed by atoms with van der Waals surface area (Å²) >= 11 is 0. The van der Waals surface area contributed by atoms with Gasteiger partial charge in [-0.25, -0.2) is 18.6 Å². The molecule has 0 saturated heterocycles. The predicted octanol–water partition coefficient (Wildman–Crippen LogP) is 4.50. The Morgan fingerprint density at radius 3 is 2.23 bits per heavy atom. The predicted molar refractivity (Wildman–Crippen MR) is 143 cm³/mol. The van der Waals surface area contributed by atoms with E-state index in [9.17, 15) is 23.2 Å². The Kier molecular flexibility index (Phi) is 8.15. The molecule has 3 rings (SSSR count). The quantitative estimate of drug-likeness (QED) is 0.587. The lowest BCUT2D eigenvalue weighted by Crippen LogP contribution is -2.53. The van der Waals surface area contributed by atoms with E-state index in [1.54, 1.807) is 25.3 Å². The smallest absolute Gasteiger partial charge is 0.410 e. The molecule has 0 saturated carbocycles. The number of carbonyl (C=O) groups excluding carboxylic acids is 3. The average molecular weight is 548 g/mol. The van der Waals surface area contributed by atoms with E-state index in [0.717, 1.165) is 12.1 Å². The second kappa shape index (κ2) is 10.6. The van der Waals surface area contributed by atoms with E-state index in [-0.39, 0.29) is 29.5 Å². The monoisotopic (exact) mass is 547 g/mol. The van der Waals surface area contributed by atoms with Crippen molar-refractivity contribution in [2.75, 3.05) is 13.6 Å². The molecule has 0 bridgehead atoms. The number of nitrogens with zero attached hydrogens (tertiary/aromatic N) is 3. The van der Waals surface area contributed by atoms with Gasteiger partial charge in [-0.3, -0.25) is 9.59 Å². The van der Waals surface area contributed by atoms with Crippen molar-refractivity contribution in [1.29, 1.82) is 0 Å². The third kappa shape index (κ3) is 6.93. The van der Waals surface area contributed by atoms with Crippen LogP contribution in [0.4, 0.5) is 13.6 Å². The number of aromatic nitrogens is 2. The van der Waals surface area contributed by atoms with E-state index in [2.05, 4.69) is 15.6 Å². The molecule has 11 heteroatoms. The number of benzene rings is 1. The summed E-state index contributed by atoms with van der Waals surface area (Å²) in [4.78, 5) is 45.6. The molecule has 214 valence electrons. The standard InChI is InChI=1S/C28H39F2N5O4/c1-26(2,3)21(24(37)31-9)33-23(36)20-19-13-34(25(38)39-27(4,5)6)14-28(7,8)15-35(19)22(32-20)16-10-11-17(29)18(30)12-16/h10-12,21H,13-15H2,1-9H3,(H,31,37)(H,33,36). The van der Waals surface area contributed by atoms with Crippen molar-refractivity contribution in [3.8, 4) is 11.4 Å². The lowest BCUT2D eigenvalue weighted by atomic mass is 9.86. The van der Waals surface area contributed by atoms with Crippen LogP contribution in [0.25, 0.3) is 11.4 Å². The first kappa shape index (κ1) is 30.0. The van der Waals surface area contributed by atoms with Crippen molar-refractivity contribution in [3.05, 3.63) is 41.2 Å². The fourth-order valence-corrected chi connectivity index (χ4v) is 4.56. The molecule has 1 aromatic heterocycles. The highest BCUT2D eigenvalue weighted by Gasteiger charge is 2.39. The summed E-state index contributed by atoms with van der Waals surface area (Å²) in [5.74, 6) is -2.81. The van der Waals surface area contributed by atoms with Crippen molar-refractivity contribution < 1.29 is 27.9 Å². The van der Waals surface area contributed by atoms with Crippen molar-refractivity contribution >= 4 is 17.9 Å². The van der Waals surface area contributed by atoms with Gasteiger partial charge in [0.1, 0.15) is 17.5 Å². The molecule has 2 N–H and O–H groups in total. The van der Waals surface area contributed by atoms with Crippen LogP contribution >= 0.6 is 0 Å². The second-order valence-corrected chi connectivity index (χ2v) is 12.8. The molecule has 2 heterocycles. The Morgan fingerprint density at radius 1 is 1.05 bits per heavy atom. The van der Waals surface area contributed by atoms with E-state index in [1.165, 1.54) is 18.0 Å². The third-order valence-electron chi connectivity index (χ3n) is 6.31. The fraction of sp³-hybridized carbons (Fsp3) is 0.571. The van der Waals surface area contributed by atoms with E-state index >= 15 is 0 Å². The summed E-state index contributed by atoms with van der Waals surface area (Å²) in [6.07, 6.45) is -0.552. The highest BCUT2D eigenvalue weighted by Crippen LogP contribution is 2.34. The van der Waals surface area contributed by atoms with Crippen LogP contribution in [0.5, 0.6) is 0 Å². The first-order valence-electron chi connectivity index (χ1n) is 12.9. The molecule has 1 atom stereocenters. The number of halogens is 2. The van der Waals surface area contributed by atoms with Gasteiger partial charge in [0.15, 0.2) is 17.3 Å². The molecular formula is C28H39F2N5O4. The van der Waals surface area contributed by atoms with Crippen LogP contribution in [0.3, 0.4) is 0 Å². The Labute approximate surface area is 228 Å². The minimum Gasteiger partial charge on any atom is -0.444 e. The maximum absolute atomic E-state index is 14.2. The number of ether oxygens (including phenoxy) is 1. The Hall–Kier alpha value is -3.50. The number of hydrogen-bond donors (Lipinski definition) is 2. The van der Waals surface area contributed by atoms with Crippen molar-refractivity contribution in [1.82, 2.24) is 25.1 Å². The normalized spacial score (nSPS) is 16.1. The molecule has 0 spiro atoms. The number of carbonyl (C=O) groups is 3. The Balaban J connectivity index is 2.19. The fourth-order valence-electron chi connectivity index (χ4n) is 4.56. The topological polar surface area (TPSA) is 106 Å². The lowest BCUT2D eigenvalue weighted by molar-refractivity contribution is -0.124. The van der Waals surface area contributed by atoms with Crippen LogP contribution in [0.2, 0.25) is 0 Å². The zero-order valence-corrected chi connectivity index (χ0v) is 24.2. The largest absolute Gasteiger partial charge is 0.444 e. The zero-order valence-electron chi connectivity index (χ0n) is 24.2. The Bertz CT molecular complexity index is 1270. The molecule has 1 aliphatic heterocycles.